The molecule has 0 saturated heterocycles. The monoisotopic (exact) mass is 337 g/mol. The van der Waals surface area contributed by atoms with Crippen molar-refractivity contribution in [3.8, 4) is 0 Å². The molecule has 128 valence electrons. The molecule has 6 heteroatoms. The average Bonchev–Trinajstić information content (AvgIpc) is 2.59. The minimum Gasteiger partial charge on any atom is -0.323 e. The summed E-state index contributed by atoms with van der Waals surface area (Å²) in [6.07, 6.45) is 3.78. The molecule has 3 rings (SSSR count). The molecule has 1 aliphatic heterocycles. The lowest BCUT2D eigenvalue weighted by Crippen LogP contribution is -2.26. The van der Waals surface area contributed by atoms with E-state index in [9.17, 15) is 14.9 Å². The third kappa shape index (κ3) is 4.10. The Kier molecular flexibility index (Phi) is 4.90. The van der Waals surface area contributed by atoms with Crippen LogP contribution in [0.4, 0.5) is 11.4 Å². The molecule has 1 N–H and O–H groups in total. The summed E-state index contributed by atoms with van der Waals surface area (Å²) in [5.74, 6) is -0.317. The molecule has 0 spiro atoms. The van der Waals surface area contributed by atoms with E-state index in [4.69, 9.17) is 0 Å². The van der Waals surface area contributed by atoms with Gasteiger partial charge in [0.15, 0.2) is 0 Å². The van der Waals surface area contributed by atoms with Gasteiger partial charge < -0.3 is 10.2 Å². The van der Waals surface area contributed by atoms with Gasteiger partial charge in [0, 0.05) is 30.9 Å². The Hall–Kier alpha value is -2.99. The minimum absolute atomic E-state index is 0.0247. The molecule has 25 heavy (non-hydrogen) atoms. The van der Waals surface area contributed by atoms with Gasteiger partial charge in [0.2, 0.25) is 5.91 Å². The van der Waals surface area contributed by atoms with E-state index in [0.717, 1.165) is 25.2 Å². The molecule has 1 aliphatic rings. The molecule has 6 nitrogen and oxygen atoms in total. The standard InChI is InChI=1S/C19H19N3O3/c1-21-11-10-14-6-8-17(12-16(14)13-21)20-19(23)9-7-15-4-2-3-5-18(15)22(24)25/h2-9,12H,10-11,13H2,1H3,(H,20,23)/b9-7+. The number of rotatable bonds is 4. The van der Waals surface area contributed by atoms with E-state index in [1.807, 2.05) is 18.2 Å². The van der Waals surface area contributed by atoms with Crippen LogP contribution < -0.4 is 5.32 Å². The number of nitrogens with one attached hydrogen (secondary N) is 1. The molecule has 0 aliphatic carbocycles. The fourth-order valence-corrected chi connectivity index (χ4v) is 2.92. The molecule has 0 atom stereocenters. The van der Waals surface area contributed by atoms with Crippen molar-refractivity contribution in [1.82, 2.24) is 4.90 Å². The number of nitro groups is 1. The number of fused-ring (bicyclic) bond motifs is 1. The lowest BCUT2D eigenvalue weighted by Gasteiger charge is -2.25. The topological polar surface area (TPSA) is 75.5 Å². The van der Waals surface area contributed by atoms with Crippen LogP contribution in [0.15, 0.2) is 48.5 Å². The van der Waals surface area contributed by atoms with Gasteiger partial charge >= 0.3 is 0 Å². The molecule has 1 amide bonds. The molecule has 0 aromatic heterocycles. The lowest BCUT2D eigenvalue weighted by atomic mass is 9.99. The molecular weight excluding hydrogens is 318 g/mol. The second kappa shape index (κ2) is 7.27. The van der Waals surface area contributed by atoms with Gasteiger partial charge in [-0.15, -0.1) is 0 Å². The summed E-state index contributed by atoms with van der Waals surface area (Å²) >= 11 is 0. The molecule has 0 fully saturated rings. The number of hydrogen-bond acceptors (Lipinski definition) is 4. The maximum atomic E-state index is 12.1. The summed E-state index contributed by atoms with van der Waals surface area (Å²) < 4.78 is 0. The van der Waals surface area contributed by atoms with Gasteiger partial charge in [0.05, 0.1) is 10.5 Å². The molecule has 0 bridgehead atoms. The second-order valence-electron chi connectivity index (χ2n) is 6.11. The smallest absolute Gasteiger partial charge is 0.276 e. The van der Waals surface area contributed by atoms with Gasteiger partial charge in [-0.3, -0.25) is 14.9 Å². The quantitative estimate of drug-likeness (QED) is 0.528. The Balaban J connectivity index is 1.71. The van der Waals surface area contributed by atoms with Gasteiger partial charge in [0.1, 0.15) is 0 Å². The van der Waals surface area contributed by atoms with Crippen LogP contribution in [-0.2, 0) is 17.8 Å². The Morgan fingerprint density at radius 2 is 2.04 bits per heavy atom. The first kappa shape index (κ1) is 16.9. The highest BCUT2D eigenvalue weighted by Gasteiger charge is 2.14. The summed E-state index contributed by atoms with van der Waals surface area (Å²) in [7, 11) is 2.07. The van der Waals surface area contributed by atoms with Crippen LogP contribution in [0.1, 0.15) is 16.7 Å². The molecular formula is C19H19N3O3. The fourth-order valence-electron chi connectivity index (χ4n) is 2.92. The largest absolute Gasteiger partial charge is 0.323 e. The number of carbonyl (C=O) groups is 1. The van der Waals surface area contributed by atoms with Crippen molar-refractivity contribution in [3.63, 3.8) is 0 Å². The minimum atomic E-state index is -0.461. The number of nitro benzene ring substituents is 1. The Bertz CT molecular complexity index is 846. The van der Waals surface area contributed by atoms with Crippen molar-refractivity contribution in [2.24, 2.45) is 0 Å². The number of likely N-dealkylation sites (N-methyl/N-ethyl adjacent to an activating group) is 1. The maximum absolute atomic E-state index is 12.1. The highest BCUT2D eigenvalue weighted by atomic mass is 16.6. The van der Waals surface area contributed by atoms with Crippen molar-refractivity contribution >= 4 is 23.4 Å². The number of nitrogens with zero attached hydrogens (tertiary/aromatic N) is 2. The van der Waals surface area contributed by atoms with Gasteiger partial charge in [-0.1, -0.05) is 18.2 Å². The van der Waals surface area contributed by atoms with Crippen molar-refractivity contribution in [2.45, 2.75) is 13.0 Å². The molecule has 0 saturated carbocycles. The molecule has 1 heterocycles. The summed E-state index contributed by atoms with van der Waals surface area (Å²) in [5.41, 5.74) is 3.63. The zero-order valence-corrected chi connectivity index (χ0v) is 13.9. The first-order chi connectivity index (χ1) is 12.0. The first-order valence-corrected chi connectivity index (χ1v) is 8.06. The van der Waals surface area contributed by atoms with Crippen LogP contribution in [0, 0.1) is 10.1 Å². The van der Waals surface area contributed by atoms with E-state index in [-0.39, 0.29) is 11.6 Å². The number of para-hydroxylation sites is 1. The molecule has 2 aromatic carbocycles. The summed E-state index contributed by atoms with van der Waals surface area (Å²) in [4.78, 5) is 24.9. The van der Waals surface area contributed by atoms with Crippen molar-refractivity contribution in [3.05, 3.63) is 75.3 Å². The Labute approximate surface area is 145 Å². The number of anilines is 1. The fraction of sp³-hybridized carbons (Fsp3) is 0.211. The Morgan fingerprint density at radius 3 is 2.84 bits per heavy atom. The van der Waals surface area contributed by atoms with Gasteiger partial charge in [-0.05, 0) is 48.9 Å². The van der Waals surface area contributed by atoms with Crippen LogP contribution in [-0.4, -0.2) is 29.3 Å². The van der Waals surface area contributed by atoms with E-state index in [2.05, 4.69) is 17.3 Å². The average molecular weight is 337 g/mol. The molecule has 0 unspecified atom stereocenters. The lowest BCUT2D eigenvalue weighted by molar-refractivity contribution is -0.385. The zero-order valence-electron chi connectivity index (χ0n) is 13.9. The summed E-state index contributed by atoms with van der Waals surface area (Å²) in [5, 5.41) is 13.8. The van der Waals surface area contributed by atoms with E-state index in [0.29, 0.717) is 5.56 Å². The van der Waals surface area contributed by atoms with E-state index >= 15 is 0 Å². The van der Waals surface area contributed by atoms with Crippen LogP contribution in [0.25, 0.3) is 6.08 Å². The summed E-state index contributed by atoms with van der Waals surface area (Å²) in [6.45, 7) is 1.91. The van der Waals surface area contributed by atoms with Gasteiger partial charge in [-0.2, -0.15) is 0 Å². The second-order valence-corrected chi connectivity index (χ2v) is 6.11. The van der Waals surface area contributed by atoms with E-state index in [1.165, 1.54) is 29.3 Å². The summed E-state index contributed by atoms with van der Waals surface area (Å²) in [6, 6.07) is 12.2. The number of amides is 1. The third-order valence-electron chi connectivity index (χ3n) is 4.22. The molecule has 2 aromatic rings. The first-order valence-electron chi connectivity index (χ1n) is 8.06. The van der Waals surface area contributed by atoms with Crippen molar-refractivity contribution < 1.29 is 9.72 Å². The van der Waals surface area contributed by atoms with Crippen molar-refractivity contribution in [2.75, 3.05) is 18.9 Å². The highest BCUT2D eigenvalue weighted by Crippen LogP contribution is 2.22. The van der Waals surface area contributed by atoms with Crippen LogP contribution >= 0.6 is 0 Å². The van der Waals surface area contributed by atoms with Crippen LogP contribution in [0.5, 0.6) is 0 Å². The van der Waals surface area contributed by atoms with Crippen molar-refractivity contribution in [1.29, 1.82) is 0 Å². The van der Waals surface area contributed by atoms with Gasteiger partial charge in [0.25, 0.3) is 5.69 Å². The highest BCUT2D eigenvalue weighted by molar-refractivity contribution is 6.02. The van der Waals surface area contributed by atoms with Crippen LogP contribution in [0.2, 0.25) is 0 Å². The number of benzene rings is 2. The van der Waals surface area contributed by atoms with E-state index < -0.39 is 4.92 Å². The van der Waals surface area contributed by atoms with E-state index in [1.54, 1.807) is 18.2 Å². The molecule has 0 radical (unpaired) electrons. The van der Waals surface area contributed by atoms with Crippen LogP contribution in [0.3, 0.4) is 0 Å². The number of carbonyl (C=O) groups excluding carboxylic acids is 1. The predicted molar refractivity (Wildman–Crippen MR) is 97.2 cm³/mol. The Morgan fingerprint density at radius 1 is 1.24 bits per heavy atom. The maximum Gasteiger partial charge on any atom is 0.276 e. The predicted octanol–water partition coefficient (Wildman–Crippen LogP) is 3.23. The normalized spacial score (nSPS) is 14.3. The van der Waals surface area contributed by atoms with Gasteiger partial charge in [-0.25, -0.2) is 0 Å². The third-order valence-corrected chi connectivity index (χ3v) is 4.22. The SMILES string of the molecule is CN1CCc2ccc(NC(=O)/C=C/c3ccccc3[N+](=O)[O-])cc2C1. The zero-order chi connectivity index (χ0) is 17.8. The number of hydrogen-bond donors (Lipinski definition) is 1.